The van der Waals surface area contributed by atoms with Crippen molar-refractivity contribution in [2.75, 3.05) is 19.6 Å². The molecule has 2 aliphatic rings. The van der Waals surface area contributed by atoms with E-state index in [4.69, 9.17) is 0 Å². The second kappa shape index (κ2) is 6.60. The Morgan fingerprint density at radius 3 is 2.72 bits per heavy atom. The largest absolute Gasteiger partial charge is 0.334 e. The normalized spacial score (nSPS) is 23.0. The van der Waals surface area contributed by atoms with E-state index in [0.29, 0.717) is 12.0 Å². The monoisotopic (exact) mass is 335 g/mol. The van der Waals surface area contributed by atoms with Crippen molar-refractivity contribution in [2.24, 2.45) is 5.92 Å². The number of carbonyl (C=O) groups excluding carboxylic acids is 1. The van der Waals surface area contributed by atoms with Crippen LogP contribution in [-0.2, 0) is 6.54 Å². The van der Waals surface area contributed by atoms with Gasteiger partial charge in [0, 0.05) is 50.2 Å². The summed E-state index contributed by atoms with van der Waals surface area (Å²) in [5, 5.41) is 0. The predicted octanol–water partition coefficient (Wildman–Crippen LogP) is 3.04. The molecule has 1 aromatic heterocycles. The number of hydrogen-bond donors (Lipinski definition) is 0. The van der Waals surface area contributed by atoms with Crippen molar-refractivity contribution in [3.63, 3.8) is 0 Å². The van der Waals surface area contributed by atoms with Crippen LogP contribution in [0.2, 0.25) is 0 Å². The van der Waals surface area contributed by atoms with Crippen LogP contribution in [-0.4, -0.2) is 46.4 Å². The molecule has 0 radical (unpaired) electrons. The minimum atomic E-state index is 0.197. The third-order valence-electron chi connectivity index (χ3n) is 5.48. The van der Waals surface area contributed by atoms with Crippen LogP contribution in [0.3, 0.4) is 0 Å². The van der Waals surface area contributed by atoms with Gasteiger partial charge in [-0.15, -0.1) is 0 Å². The molecule has 2 aromatic rings. The average molecular weight is 335 g/mol. The van der Waals surface area contributed by atoms with Gasteiger partial charge in [-0.1, -0.05) is 23.3 Å². The first-order valence-corrected chi connectivity index (χ1v) is 9.10. The van der Waals surface area contributed by atoms with Gasteiger partial charge < -0.3 is 4.90 Å². The van der Waals surface area contributed by atoms with Crippen LogP contribution in [0.15, 0.2) is 42.7 Å². The second-order valence-corrected chi connectivity index (χ2v) is 7.55. The van der Waals surface area contributed by atoms with Crippen molar-refractivity contribution in [3.8, 4) is 0 Å². The molecule has 4 heteroatoms. The van der Waals surface area contributed by atoms with E-state index in [1.165, 1.54) is 5.56 Å². The molecule has 4 nitrogen and oxygen atoms in total. The molecule has 0 spiro atoms. The summed E-state index contributed by atoms with van der Waals surface area (Å²) >= 11 is 0. The summed E-state index contributed by atoms with van der Waals surface area (Å²) < 4.78 is 0. The zero-order chi connectivity index (χ0) is 17.4. The van der Waals surface area contributed by atoms with Crippen LogP contribution >= 0.6 is 0 Å². The molecule has 4 rings (SSSR count). The molecular weight excluding hydrogens is 310 g/mol. The van der Waals surface area contributed by atoms with Gasteiger partial charge >= 0.3 is 0 Å². The number of pyridine rings is 1. The number of likely N-dealkylation sites (tertiary alicyclic amines) is 2. The van der Waals surface area contributed by atoms with Crippen LogP contribution < -0.4 is 0 Å². The lowest BCUT2D eigenvalue weighted by atomic mass is 10.0. The standard InChI is InChI=1S/C21H25N3O/c1-15-8-16(2)10-19(9-15)21(25)24-7-5-18-13-23(14-20(18)24)12-17-4-3-6-22-11-17/h3-4,6,8-11,18,20H,5,7,12-14H2,1-2H3/t18-,20-/m0/s1. The highest BCUT2D eigenvalue weighted by atomic mass is 16.2. The van der Waals surface area contributed by atoms with Gasteiger partial charge in [0.05, 0.1) is 0 Å². The molecule has 3 heterocycles. The van der Waals surface area contributed by atoms with Crippen molar-refractivity contribution >= 4 is 5.91 Å². The van der Waals surface area contributed by atoms with Gasteiger partial charge in [0.1, 0.15) is 0 Å². The Hall–Kier alpha value is -2.20. The molecule has 2 saturated heterocycles. The molecule has 2 aliphatic heterocycles. The lowest BCUT2D eigenvalue weighted by Crippen LogP contribution is -2.39. The number of fused-ring (bicyclic) bond motifs is 1. The fourth-order valence-corrected chi connectivity index (χ4v) is 4.44. The van der Waals surface area contributed by atoms with Crippen LogP contribution in [0, 0.1) is 19.8 Å². The highest BCUT2D eigenvalue weighted by molar-refractivity contribution is 5.95. The predicted molar refractivity (Wildman–Crippen MR) is 98.4 cm³/mol. The first kappa shape index (κ1) is 16.3. The van der Waals surface area contributed by atoms with Crippen LogP contribution in [0.25, 0.3) is 0 Å². The van der Waals surface area contributed by atoms with E-state index in [1.54, 1.807) is 0 Å². The van der Waals surface area contributed by atoms with Gasteiger partial charge in [-0.05, 0) is 49.9 Å². The quantitative estimate of drug-likeness (QED) is 0.865. The summed E-state index contributed by atoms with van der Waals surface area (Å²) in [6.07, 6.45) is 4.86. The number of carbonyl (C=O) groups is 1. The molecule has 1 amide bonds. The fraction of sp³-hybridized carbons (Fsp3) is 0.429. The second-order valence-electron chi connectivity index (χ2n) is 7.55. The maximum Gasteiger partial charge on any atom is 0.254 e. The molecule has 2 fully saturated rings. The summed E-state index contributed by atoms with van der Waals surface area (Å²) in [5.41, 5.74) is 4.39. The summed E-state index contributed by atoms with van der Waals surface area (Å²) in [7, 11) is 0. The van der Waals surface area contributed by atoms with E-state index in [1.807, 2.05) is 30.6 Å². The molecule has 0 aliphatic carbocycles. The Morgan fingerprint density at radius 2 is 2.00 bits per heavy atom. The molecule has 0 saturated carbocycles. The number of aryl methyl sites for hydroxylation is 2. The van der Waals surface area contributed by atoms with Gasteiger partial charge in [-0.2, -0.15) is 0 Å². The van der Waals surface area contributed by atoms with E-state index < -0.39 is 0 Å². The van der Waals surface area contributed by atoms with E-state index in [2.05, 4.69) is 40.8 Å². The first-order valence-electron chi connectivity index (χ1n) is 9.10. The minimum absolute atomic E-state index is 0.197. The minimum Gasteiger partial charge on any atom is -0.334 e. The summed E-state index contributed by atoms with van der Waals surface area (Å²) in [4.78, 5) is 21.8. The van der Waals surface area contributed by atoms with Gasteiger partial charge in [0.25, 0.3) is 5.91 Å². The molecule has 25 heavy (non-hydrogen) atoms. The molecule has 0 unspecified atom stereocenters. The maximum atomic E-state index is 13.1. The highest BCUT2D eigenvalue weighted by Crippen LogP contribution is 2.33. The first-order chi connectivity index (χ1) is 12.1. The lowest BCUT2D eigenvalue weighted by molar-refractivity contribution is 0.0726. The number of benzene rings is 1. The zero-order valence-electron chi connectivity index (χ0n) is 15.0. The Morgan fingerprint density at radius 1 is 1.20 bits per heavy atom. The van der Waals surface area contributed by atoms with Crippen LogP contribution in [0.5, 0.6) is 0 Å². The molecule has 0 N–H and O–H groups in total. The lowest BCUT2D eigenvalue weighted by Gasteiger charge is -2.25. The third-order valence-corrected chi connectivity index (χ3v) is 5.48. The van der Waals surface area contributed by atoms with Gasteiger partial charge in [-0.3, -0.25) is 14.7 Å². The molecule has 130 valence electrons. The van der Waals surface area contributed by atoms with Crippen molar-refractivity contribution in [1.29, 1.82) is 0 Å². The van der Waals surface area contributed by atoms with Gasteiger partial charge in [0.15, 0.2) is 0 Å². The maximum absolute atomic E-state index is 13.1. The SMILES string of the molecule is Cc1cc(C)cc(C(=O)N2CC[C@H]3CN(Cc4cccnc4)C[C@@H]32)c1. The van der Waals surface area contributed by atoms with Crippen LogP contribution in [0.4, 0.5) is 0 Å². The number of amides is 1. The number of rotatable bonds is 3. The van der Waals surface area contributed by atoms with Crippen molar-refractivity contribution < 1.29 is 4.79 Å². The van der Waals surface area contributed by atoms with Crippen molar-refractivity contribution in [2.45, 2.75) is 32.9 Å². The Bertz CT molecular complexity index is 754. The Labute approximate surface area is 149 Å². The molecule has 1 aromatic carbocycles. The molecule has 0 bridgehead atoms. The van der Waals surface area contributed by atoms with Crippen molar-refractivity contribution in [1.82, 2.24) is 14.8 Å². The Balaban J connectivity index is 1.47. The van der Waals surface area contributed by atoms with E-state index >= 15 is 0 Å². The van der Waals surface area contributed by atoms with E-state index in [9.17, 15) is 4.79 Å². The fourth-order valence-electron chi connectivity index (χ4n) is 4.44. The van der Waals surface area contributed by atoms with Crippen molar-refractivity contribution in [3.05, 3.63) is 65.0 Å². The van der Waals surface area contributed by atoms with Crippen LogP contribution in [0.1, 0.15) is 33.5 Å². The van der Waals surface area contributed by atoms with Gasteiger partial charge in [0.2, 0.25) is 0 Å². The summed E-state index contributed by atoms with van der Waals surface area (Å²) in [6, 6.07) is 10.6. The smallest absolute Gasteiger partial charge is 0.254 e. The highest BCUT2D eigenvalue weighted by Gasteiger charge is 2.43. The molecular formula is C21H25N3O. The van der Waals surface area contributed by atoms with Gasteiger partial charge in [-0.25, -0.2) is 0 Å². The Kier molecular flexibility index (Phi) is 4.30. The molecule has 2 atom stereocenters. The number of nitrogens with zero attached hydrogens (tertiary/aromatic N) is 3. The number of hydrogen-bond acceptors (Lipinski definition) is 3. The zero-order valence-corrected chi connectivity index (χ0v) is 15.0. The summed E-state index contributed by atoms with van der Waals surface area (Å²) in [6.45, 7) is 7.98. The average Bonchev–Trinajstić information content (AvgIpc) is 3.14. The number of aromatic nitrogens is 1. The summed E-state index contributed by atoms with van der Waals surface area (Å²) in [5.74, 6) is 0.800. The third kappa shape index (κ3) is 3.31. The topological polar surface area (TPSA) is 36.4 Å². The van der Waals surface area contributed by atoms with E-state index in [-0.39, 0.29) is 5.91 Å². The van der Waals surface area contributed by atoms with E-state index in [0.717, 1.165) is 49.3 Å².